The van der Waals surface area contributed by atoms with Gasteiger partial charge in [-0.05, 0) is 0 Å². The van der Waals surface area contributed by atoms with E-state index in [-0.39, 0.29) is 5.88 Å². The Morgan fingerprint density at radius 2 is 3.00 bits per heavy atom. The molecule has 0 saturated heterocycles. The van der Waals surface area contributed by atoms with Crippen molar-refractivity contribution in [3.63, 3.8) is 0 Å². The minimum Gasteiger partial charge on any atom is -0.358 e. The lowest BCUT2D eigenvalue weighted by Crippen LogP contribution is -2.18. The van der Waals surface area contributed by atoms with E-state index in [2.05, 4.69) is 0 Å². The molecule has 0 aliphatic rings. The van der Waals surface area contributed by atoms with Gasteiger partial charge in [-0.25, -0.2) is 0 Å². The summed E-state index contributed by atoms with van der Waals surface area (Å²) in [6, 6.07) is 0. The molecule has 1 amide bonds. The Morgan fingerprint density at radius 1 is 2.33 bits per heavy atom. The predicted octanol–water partition coefficient (Wildman–Crippen LogP) is -0.0288. The molecule has 0 bridgehead atoms. The fourth-order valence-corrected chi connectivity index (χ4v) is 0.100. The molecular formula is C3H6ClNO. The summed E-state index contributed by atoms with van der Waals surface area (Å²) in [7, 11) is 0. The van der Waals surface area contributed by atoms with Gasteiger partial charge in [0.25, 0.3) is 0 Å². The van der Waals surface area contributed by atoms with Crippen molar-refractivity contribution in [1.29, 1.82) is 0 Å². The Labute approximate surface area is 45.7 Å². The van der Waals surface area contributed by atoms with Crippen LogP contribution in [0.15, 0.2) is 0 Å². The van der Waals surface area contributed by atoms with Crippen LogP contribution in [0.5, 0.6) is 0 Å². The first kappa shape index (κ1) is 2.17. The van der Waals surface area contributed by atoms with Crippen LogP contribution in [-0.4, -0.2) is 18.8 Å². The number of amides is 1. The van der Waals surface area contributed by atoms with Crippen molar-refractivity contribution in [2.24, 2.45) is 0 Å². The number of hydrogen-bond donors (Lipinski definition) is 1. The lowest BCUT2D eigenvalue weighted by atomic mass is 10.7. The van der Waals surface area contributed by atoms with Crippen molar-refractivity contribution in [3.8, 4) is 0 Å². The van der Waals surface area contributed by atoms with Crippen LogP contribution in [0.3, 0.4) is 0 Å². The number of rotatable bonds is 1. The molecule has 0 unspecified atom stereocenters. The smallest absolute Gasteiger partial charge is 0.234 e. The van der Waals surface area contributed by atoms with Gasteiger partial charge in [0, 0.05) is 11.1 Å². The van der Waals surface area contributed by atoms with E-state index in [1.165, 1.54) is 0 Å². The first-order valence-corrected chi connectivity index (χ1v) is 1.86. The Hall–Kier alpha value is -0.240. The summed E-state index contributed by atoms with van der Waals surface area (Å²) < 4.78 is 19.5. The SMILES string of the molecule is [2H]C([2H])([2H])NC(=O)CCl. The van der Waals surface area contributed by atoms with Gasteiger partial charge >= 0.3 is 0 Å². The third kappa shape index (κ3) is 2.03. The van der Waals surface area contributed by atoms with Gasteiger partial charge < -0.3 is 5.32 Å². The van der Waals surface area contributed by atoms with Crippen LogP contribution >= 0.6 is 11.6 Å². The summed E-state index contributed by atoms with van der Waals surface area (Å²) in [5, 5.41) is 1.70. The van der Waals surface area contributed by atoms with Crippen LogP contribution in [0.2, 0.25) is 0 Å². The molecule has 0 aromatic carbocycles. The zero-order valence-electron chi connectivity index (χ0n) is 5.99. The number of hydrogen-bond acceptors (Lipinski definition) is 1. The molecule has 0 aromatic rings. The number of nitrogens with one attached hydrogen (secondary N) is 1. The van der Waals surface area contributed by atoms with E-state index < -0.39 is 12.9 Å². The summed E-state index contributed by atoms with van der Waals surface area (Å²) in [5.41, 5.74) is 0. The van der Waals surface area contributed by atoms with Crippen LogP contribution < -0.4 is 5.32 Å². The third-order valence-electron chi connectivity index (χ3n) is 0.261. The van der Waals surface area contributed by atoms with Gasteiger partial charge in [-0.1, -0.05) is 0 Å². The normalized spacial score (nSPS) is 17.2. The molecule has 0 aliphatic heterocycles. The predicted molar refractivity (Wildman–Crippen MR) is 24.8 cm³/mol. The summed E-state index contributed by atoms with van der Waals surface area (Å²) in [6.07, 6.45) is 0. The van der Waals surface area contributed by atoms with E-state index >= 15 is 0 Å². The summed E-state index contributed by atoms with van der Waals surface area (Å²) in [6.45, 7) is -2.41. The lowest BCUT2D eigenvalue weighted by Gasteiger charge is -1.85. The van der Waals surface area contributed by atoms with E-state index in [1.54, 1.807) is 5.32 Å². The summed E-state index contributed by atoms with van der Waals surface area (Å²) >= 11 is 5.00. The lowest BCUT2D eigenvalue weighted by molar-refractivity contribution is -0.118. The number of carbonyl (C=O) groups is 1. The van der Waals surface area contributed by atoms with Crippen molar-refractivity contribution in [2.45, 2.75) is 0 Å². The van der Waals surface area contributed by atoms with Crippen LogP contribution in [0.4, 0.5) is 0 Å². The van der Waals surface area contributed by atoms with Gasteiger partial charge in [0.1, 0.15) is 5.88 Å². The van der Waals surface area contributed by atoms with Gasteiger partial charge in [-0.2, -0.15) is 0 Å². The molecule has 2 nitrogen and oxygen atoms in total. The number of alkyl halides is 1. The van der Waals surface area contributed by atoms with Gasteiger partial charge in [0.05, 0.1) is 0 Å². The molecule has 0 radical (unpaired) electrons. The molecule has 1 N–H and O–H groups in total. The molecule has 36 valence electrons. The third-order valence-corrected chi connectivity index (χ3v) is 0.504. The van der Waals surface area contributed by atoms with Gasteiger partial charge in [-0.3, -0.25) is 4.79 Å². The van der Waals surface area contributed by atoms with Crippen LogP contribution in [0, 0.1) is 0 Å². The second kappa shape index (κ2) is 2.97. The van der Waals surface area contributed by atoms with E-state index in [0.29, 0.717) is 0 Å². The Morgan fingerprint density at radius 3 is 3.17 bits per heavy atom. The fraction of sp³-hybridized carbons (Fsp3) is 0.667. The van der Waals surface area contributed by atoms with Crippen molar-refractivity contribution < 1.29 is 8.91 Å². The molecule has 0 spiro atoms. The fourth-order valence-electron chi connectivity index (χ4n) is 0.0334. The Kier molecular flexibility index (Phi) is 1.07. The maximum absolute atomic E-state index is 10.2. The molecule has 0 aliphatic carbocycles. The van der Waals surface area contributed by atoms with E-state index in [9.17, 15) is 4.79 Å². The van der Waals surface area contributed by atoms with Crippen molar-refractivity contribution in [3.05, 3.63) is 0 Å². The number of halogens is 1. The average Bonchev–Trinajstić information content (AvgIpc) is 1.62. The van der Waals surface area contributed by atoms with E-state index in [1.807, 2.05) is 0 Å². The Bertz CT molecular complexity index is 112. The standard InChI is InChI=1S/C3H6ClNO/c1-5-3(6)2-4/h2H2,1H3,(H,5,6)/i1D3. The molecular weight excluding hydrogens is 101 g/mol. The van der Waals surface area contributed by atoms with Crippen LogP contribution in [0.25, 0.3) is 0 Å². The average molecular weight is 111 g/mol. The highest BCUT2D eigenvalue weighted by Gasteiger charge is 1.86. The largest absolute Gasteiger partial charge is 0.358 e. The highest BCUT2D eigenvalue weighted by molar-refractivity contribution is 6.27. The highest BCUT2D eigenvalue weighted by atomic mass is 35.5. The second-order valence-corrected chi connectivity index (χ2v) is 0.949. The minimum atomic E-state index is -2.41. The van der Waals surface area contributed by atoms with Gasteiger partial charge in [0.15, 0.2) is 0 Å². The second-order valence-electron chi connectivity index (χ2n) is 0.682. The molecule has 0 rings (SSSR count). The van der Waals surface area contributed by atoms with Crippen molar-refractivity contribution in [2.75, 3.05) is 12.9 Å². The quantitative estimate of drug-likeness (QED) is 0.472. The van der Waals surface area contributed by atoms with Gasteiger partial charge in [0.2, 0.25) is 5.91 Å². The monoisotopic (exact) mass is 110 g/mol. The topological polar surface area (TPSA) is 29.1 Å². The molecule has 0 atom stereocenters. The van der Waals surface area contributed by atoms with Gasteiger partial charge in [-0.15, -0.1) is 11.6 Å². The first-order chi connectivity index (χ1) is 3.95. The minimum absolute atomic E-state index is 0.321. The van der Waals surface area contributed by atoms with Crippen LogP contribution in [0.1, 0.15) is 4.11 Å². The molecule has 6 heavy (non-hydrogen) atoms. The Balaban J connectivity index is 3.60. The van der Waals surface area contributed by atoms with Crippen LogP contribution in [-0.2, 0) is 4.79 Å². The summed E-state index contributed by atoms with van der Waals surface area (Å²) in [4.78, 5) is 10.2. The zero-order valence-corrected chi connectivity index (χ0v) is 3.75. The molecule has 0 fully saturated rings. The summed E-state index contributed by atoms with van der Waals surface area (Å²) in [5.74, 6) is -1.00. The highest BCUT2D eigenvalue weighted by Crippen LogP contribution is 1.68. The molecule has 0 saturated carbocycles. The molecule has 0 aromatic heterocycles. The van der Waals surface area contributed by atoms with Crippen molar-refractivity contribution in [1.82, 2.24) is 5.32 Å². The maximum Gasteiger partial charge on any atom is 0.234 e. The first-order valence-electron chi connectivity index (χ1n) is 2.82. The molecule has 3 heteroatoms. The number of carbonyl (C=O) groups excluding carboxylic acids is 1. The molecule has 0 heterocycles. The van der Waals surface area contributed by atoms with E-state index in [4.69, 9.17) is 15.7 Å². The zero-order chi connectivity index (χ0) is 7.49. The van der Waals surface area contributed by atoms with E-state index in [0.717, 1.165) is 0 Å². The maximum atomic E-state index is 10.2. The van der Waals surface area contributed by atoms with Crippen molar-refractivity contribution >= 4 is 17.5 Å².